The van der Waals surface area contributed by atoms with Gasteiger partial charge in [-0.05, 0) is 25.1 Å². The van der Waals surface area contributed by atoms with Gasteiger partial charge in [0.15, 0.2) is 6.61 Å². The van der Waals surface area contributed by atoms with E-state index in [9.17, 15) is 14.4 Å². The minimum Gasteiger partial charge on any atom is -0.452 e. The second-order valence-corrected chi connectivity index (χ2v) is 5.90. The van der Waals surface area contributed by atoms with Crippen LogP contribution in [0.15, 0.2) is 30.6 Å². The Bertz CT molecular complexity index is 849. The predicted octanol–water partition coefficient (Wildman–Crippen LogP) is 1.09. The molecule has 1 fully saturated rings. The van der Waals surface area contributed by atoms with Crippen LogP contribution in [0, 0.1) is 0 Å². The molecular weight excluding hydrogens is 352 g/mol. The van der Waals surface area contributed by atoms with E-state index >= 15 is 0 Å². The highest BCUT2D eigenvalue weighted by Gasteiger charge is 2.25. The van der Waals surface area contributed by atoms with Gasteiger partial charge in [0.05, 0.1) is 23.2 Å². The van der Waals surface area contributed by atoms with Crippen molar-refractivity contribution in [3.05, 3.63) is 36.2 Å². The lowest BCUT2D eigenvalue weighted by atomic mass is 10.2. The average molecular weight is 372 g/mol. The molecule has 0 aliphatic carbocycles. The summed E-state index contributed by atoms with van der Waals surface area (Å²) in [6.45, 7) is 3.24. The van der Waals surface area contributed by atoms with Gasteiger partial charge in [0.1, 0.15) is 0 Å². The highest BCUT2D eigenvalue weighted by Crippen LogP contribution is 2.12. The summed E-state index contributed by atoms with van der Waals surface area (Å²) >= 11 is 0. The summed E-state index contributed by atoms with van der Waals surface area (Å²) in [4.78, 5) is 47.5. The molecule has 142 valence electrons. The van der Waals surface area contributed by atoms with Crippen LogP contribution in [0.4, 0.5) is 4.79 Å². The Hall–Kier alpha value is -3.23. The normalized spacial score (nSPS) is 14.1. The third-order valence-electron chi connectivity index (χ3n) is 4.19. The van der Waals surface area contributed by atoms with Crippen LogP contribution in [-0.2, 0) is 14.3 Å². The van der Waals surface area contributed by atoms with Gasteiger partial charge in [0.25, 0.3) is 5.91 Å². The summed E-state index contributed by atoms with van der Waals surface area (Å²) < 4.78 is 10.1. The Morgan fingerprint density at radius 2 is 1.63 bits per heavy atom. The zero-order valence-electron chi connectivity index (χ0n) is 15.0. The third-order valence-corrected chi connectivity index (χ3v) is 4.19. The number of piperazine rings is 1. The fourth-order valence-corrected chi connectivity index (χ4v) is 2.75. The molecule has 0 N–H and O–H groups in total. The summed E-state index contributed by atoms with van der Waals surface area (Å²) in [6.07, 6.45) is 2.73. The number of rotatable bonds is 4. The molecule has 0 saturated carbocycles. The van der Waals surface area contributed by atoms with Gasteiger partial charge in [-0.3, -0.25) is 14.8 Å². The zero-order valence-corrected chi connectivity index (χ0v) is 15.0. The first-order chi connectivity index (χ1) is 13.1. The average Bonchev–Trinajstić information content (AvgIpc) is 2.71. The Morgan fingerprint density at radius 3 is 2.33 bits per heavy atom. The second kappa shape index (κ2) is 8.43. The largest absolute Gasteiger partial charge is 0.452 e. The van der Waals surface area contributed by atoms with E-state index in [-0.39, 0.29) is 18.6 Å². The second-order valence-electron chi connectivity index (χ2n) is 5.90. The highest BCUT2D eigenvalue weighted by molar-refractivity contribution is 5.94. The minimum absolute atomic E-state index is 0.299. The van der Waals surface area contributed by atoms with E-state index in [2.05, 4.69) is 9.97 Å². The smallest absolute Gasteiger partial charge is 0.409 e. The van der Waals surface area contributed by atoms with Crippen molar-refractivity contribution in [2.24, 2.45) is 0 Å². The van der Waals surface area contributed by atoms with Crippen molar-refractivity contribution in [2.75, 3.05) is 39.4 Å². The highest BCUT2D eigenvalue weighted by atomic mass is 16.6. The fourth-order valence-electron chi connectivity index (χ4n) is 2.75. The van der Waals surface area contributed by atoms with E-state index in [1.807, 2.05) is 0 Å². The molecule has 1 aromatic heterocycles. The van der Waals surface area contributed by atoms with Crippen LogP contribution in [0.3, 0.4) is 0 Å². The Morgan fingerprint density at radius 1 is 0.963 bits per heavy atom. The number of hydrogen-bond donors (Lipinski definition) is 0. The van der Waals surface area contributed by atoms with Gasteiger partial charge in [-0.15, -0.1) is 0 Å². The first-order valence-electron chi connectivity index (χ1n) is 8.66. The summed E-state index contributed by atoms with van der Waals surface area (Å²) in [5.41, 5.74) is 1.56. The standard InChI is InChI=1S/C18H20N4O5/c1-2-26-18(25)22-9-7-21(8-10-22)16(23)12-27-17(24)13-3-4-14-15(11-13)20-6-5-19-14/h3-6,11H,2,7-10,12H2,1H3. The number of aromatic nitrogens is 2. The molecule has 27 heavy (non-hydrogen) atoms. The number of esters is 1. The van der Waals surface area contributed by atoms with E-state index in [1.165, 1.54) is 6.20 Å². The maximum Gasteiger partial charge on any atom is 0.409 e. The van der Waals surface area contributed by atoms with Crippen molar-refractivity contribution in [2.45, 2.75) is 6.92 Å². The van der Waals surface area contributed by atoms with Crippen LogP contribution >= 0.6 is 0 Å². The van der Waals surface area contributed by atoms with Gasteiger partial charge in [0.2, 0.25) is 0 Å². The summed E-state index contributed by atoms with van der Waals surface area (Å²) in [5.74, 6) is -0.895. The third kappa shape index (κ3) is 4.49. The SMILES string of the molecule is CCOC(=O)N1CCN(C(=O)COC(=O)c2ccc3nccnc3c2)CC1. The topological polar surface area (TPSA) is 102 Å². The van der Waals surface area contributed by atoms with Gasteiger partial charge in [-0.2, -0.15) is 0 Å². The van der Waals surface area contributed by atoms with E-state index in [4.69, 9.17) is 9.47 Å². The molecule has 0 bridgehead atoms. The summed E-state index contributed by atoms with van der Waals surface area (Å²) in [5, 5.41) is 0. The zero-order chi connectivity index (χ0) is 19.2. The van der Waals surface area contributed by atoms with E-state index in [0.29, 0.717) is 49.4 Å². The van der Waals surface area contributed by atoms with Crippen molar-refractivity contribution in [3.8, 4) is 0 Å². The molecule has 2 amide bonds. The minimum atomic E-state index is -0.596. The van der Waals surface area contributed by atoms with E-state index in [0.717, 1.165) is 0 Å². The molecular formula is C18H20N4O5. The molecule has 1 saturated heterocycles. The van der Waals surface area contributed by atoms with Crippen LogP contribution in [0.25, 0.3) is 11.0 Å². The number of ether oxygens (including phenoxy) is 2. The van der Waals surface area contributed by atoms with Crippen molar-refractivity contribution in [1.82, 2.24) is 19.8 Å². The lowest BCUT2D eigenvalue weighted by molar-refractivity contribution is -0.136. The predicted molar refractivity (Wildman–Crippen MR) is 95.0 cm³/mol. The summed E-state index contributed by atoms with van der Waals surface area (Å²) in [6, 6.07) is 4.84. The number of amides is 2. The number of carbonyl (C=O) groups excluding carboxylic acids is 3. The molecule has 2 aromatic rings. The van der Waals surface area contributed by atoms with Crippen LogP contribution in [0.2, 0.25) is 0 Å². The maximum atomic E-state index is 12.2. The lowest BCUT2D eigenvalue weighted by Crippen LogP contribution is -2.51. The fraction of sp³-hybridized carbons (Fsp3) is 0.389. The Kier molecular flexibility index (Phi) is 5.80. The number of hydrogen-bond acceptors (Lipinski definition) is 7. The molecule has 0 atom stereocenters. The van der Waals surface area contributed by atoms with E-state index in [1.54, 1.807) is 41.1 Å². The monoisotopic (exact) mass is 372 g/mol. The Balaban J connectivity index is 1.50. The van der Waals surface area contributed by atoms with Crippen LogP contribution in [0.1, 0.15) is 17.3 Å². The van der Waals surface area contributed by atoms with Gasteiger partial charge in [0, 0.05) is 38.6 Å². The molecule has 3 rings (SSSR count). The van der Waals surface area contributed by atoms with Crippen molar-refractivity contribution >= 4 is 29.0 Å². The van der Waals surface area contributed by atoms with E-state index < -0.39 is 5.97 Å². The van der Waals surface area contributed by atoms with Crippen LogP contribution in [-0.4, -0.2) is 77.1 Å². The van der Waals surface area contributed by atoms with Crippen molar-refractivity contribution in [3.63, 3.8) is 0 Å². The Labute approximate surface area is 155 Å². The van der Waals surface area contributed by atoms with Gasteiger partial charge >= 0.3 is 12.1 Å². The first kappa shape index (κ1) is 18.6. The molecule has 1 aliphatic heterocycles. The number of nitrogens with zero attached hydrogens (tertiary/aromatic N) is 4. The molecule has 0 spiro atoms. The number of carbonyl (C=O) groups is 3. The first-order valence-corrected chi connectivity index (χ1v) is 8.66. The van der Waals surface area contributed by atoms with Crippen molar-refractivity contribution < 1.29 is 23.9 Å². The molecule has 0 unspecified atom stereocenters. The number of benzene rings is 1. The lowest BCUT2D eigenvalue weighted by Gasteiger charge is -2.33. The van der Waals surface area contributed by atoms with Gasteiger partial charge in [-0.1, -0.05) is 0 Å². The molecule has 2 heterocycles. The quantitative estimate of drug-likeness (QED) is 0.740. The summed E-state index contributed by atoms with van der Waals surface area (Å²) in [7, 11) is 0. The van der Waals surface area contributed by atoms with Gasteiger partial charge in [-0.25, -0.2) is 9.59 Å². The van der Waals surface area contributed by atoms with Crippen molar-refractivity contribution in [1.29, 1.82) is 0 Å². The van der Waals surface area contributed by atoms with Crippen LogP contribution in [0.5, 0.6) is 0 Å². The maximum absolute atomic E-state index is 12.2. The molecule has 9 nitrogen and oxygen atoms in total. The molecule has 9 heteroatoms. The number of fused-ring (bicyclic) bond motifs is 1. The molecule has 0 radical (unpaired) electrons. The molecule has 1 aromatic carbocycles. The van der Waals surface area contributed by atoms with Crippen LogP contribution < -0.4 is 0 Å². The molecule has 1 aliphatic rings. The van der Waals surface area contributed by atoms with Gasteiger partial charge < -0.3 is 19.3 Å².